The lowest BCUT2D eigenvalue weighted by atomic mass is 10.3. The standard InChI is InChI=1S/C14H16ClN3O4S/c1-9-14(10(2)22-18-9)23(20,21)16-8-7-13(19)17-12-5-3-11(15)4-6-12/h3-6,16H,7-8H2,1-2H3,(H,17,19). The van der Waals surface area contributed by atoms with Crippen molar-refractivity contribution in [2.75, 3.05) is 11.9 Å². The van der Waals surface area contributed by atoms with E-state index in [9.17, 15) is 13.2 Å². The van der Waals surface area contributed by atoms with Crippen molar-refractivity contribution in [3.05, 3.63) is 40.7 Å². The van der Waals surface area contributed by atoms with Crippen LogP contribution < -0.4 is 10.0 Å². The van der Waals surface area contributed by atoms with Gasteiger partial charge in [0, 0.05) is 23.7 Å². The molecule has 0 radical (unpaired) electrons. The average Bonchev–Trinajstić information content (AvgIpc) is 2.81. The van der Waals surface area contributed by atoms with Gasteiger partial charge in [0.1, 0.15) is 10.6 Å². The van der Waals surface area contributed by atoms with E-state index in [1.54, 1.807) is 24.3 Å². The molecular formula is C14H16ClN3O4S. The van der Waals surface area contributed by atoms with Gasteiger partial charge in [-0.25, -0.2) is 13.1 Å². The van der Waals surface area contributed by atoms with Crippen LogP contribution in [0, 0.1) is 13.8 Å². The minimum atomic E-state index is -3.76. The van der Waals surface area contributed by atoms with Gasteiger partial charge in [-0.15, -0.1) is 0 Å². The lowest BCUT2D eigenvalue weighted by molar-refractivity contribution is -0.116. The summed E-state index contributed by atoms with van der Waals surface area (Å²) < 4.78 is 31.5. The van der Waals surface area contributed by atoms with E-state index >= 15 is 0 Å². The highest BCUT2D eigenvalue weighted by Gasteiger charge is 2.23. The predicted molar refractivity (Wildman–Crippen MR) is 85.9 cm³/mol. The Morgan fingerprint density at radius 2 is 1.91 bits per heavy atom. The van der Waals surface area contributed by atoms with E-state index in [0.717, 1.165) is 0 Å². The van der Waals surface area contributed by atoms with Crippen molar-refractivity contribution in [1.82, 2.24) is 9.88 Å². The van der Waals surface area contributed by atoms with Gasteiger partial charge in [0.25, 0.3) is 0 Å². The number of hydrogen-bond acceptors (Lipinski definition) is 5. The van der Waals surface area contributed by atoms with Crippen molar-refractivity contribution in [2.24, 2.45) is 0 Å². The summed E-state index contributed by atoms with van der Waals surface area (Å²) in [5, 5.41) is 6.82. The molecule has 9 heteroatoms. The number of benzene rings is 1. The Balaban J connectivity index is 1.89. The van der Waals surface area contributed by atoms with Crippen LogP contribution in [0.2, 0.25) is 5.02 Å². The highest BCUT2D eigenvalue weighted by molar-refractivity contribution is 7.89. The molecule has 1 aromatic heterocycles. The molecule has 0 aliphatic rings. The van der Waals surface area contributed by atoms with E-state index in [1.807, 2.05) is 0 Å². The fourth-order valence-electron chi connectivity index (χ4n) is 1.99. The van der Waals surface area contributed by atoms with Gasteiger partial charge in [-0.05, 0) is 38.1 Å². The number of aromatic nitrogens is 1. The maximum atomic E-state index is 12.2. The van der Waals surface area contributed by atoms with Gasteiger partial charge in [0.05, 0.1) is 0 Å². The van der Waals surface area contributed by atoms with Gasteiger partial charge in [0.15, 0.2) is 5.76 Å². The molecule has 0 aliphatic heterocycles. The molecule has 0 atom stereocenters. The van der Waals surface area contributed by atoms with Crippen LogP contribution in [0.1, 0.15) is 17.9 Å². The number of nitrogens with zero attached hydrogens (tertiary/aromatic N) is 1. The van der Waals surface area contributed by atoms with Gasteiger partial charge in [0.2, 0.25) is 15.9 Å². The monoisotopic (exact) mass is 357 g/mol. The molecule has 0 fully saturated rings. The Bertz CT molecular complexity index is 780. The number of sulfonamides is 1. The van der Waals surface area contributed by atoms with Crippen LogP contribution in [0.15, 0.2) is 33.7 Å². The second-order valence-corrected chi connectivity index (χ2v) is 7.00. The fraction of sp³-hybridized carbons (Fsp3) is 0.286. The number of carbonyl (C=O) groups is 1. The summed E-state index contributed by atoms with van der Waals surface area (Å²) in [7, 11) is -3.76. The molecule has 2 rings (SSSR count). The van der Waals surface area contributed by atoms with Crippen LogP contribution in [0.3, 0.4) is 0 Å². The highest BCUT2D eigenvalue weighted by atomic mass is 35.5. The summed E-state index contributed by atoms with van der Waals surface area (Å²) in [6.07, 6.45) is -0.00870. The molecule has 1 amide bonds. The maximum Gasteiger partial charge on any atom is 0.245 e. The lowest BCUT2D eigenvalue weighted by Crippen LogP contribution is -2.28. The molecule has 0 unspecified atom stereocenters. The molecular weight excluding hydrogens is 342 g/mol. The first-order valence-electron chi connectivity index (χ1n) is 6.77. The number of aryl methyl sites for hydroxylation is 2. The summed E-state index contributed by atoms with van der Waals surface area (Å²) in [6.45, 7) is 3.02. The van der Waals surface area contributed by atoms with Crippen molar-refractivity contribution in [1.29, 1.82) is 0 Å². The minimum Gasteiger partial charge on any atom is -0.360 e. The maximum absolute atomic E-state index is 12.2. The van der Waals surface area contributed by atoms with E-state index in [4.69, 9.17) is 16.1 Å². The zero-order chi connectivity index (χ0) is 17.0. The van der Waals surface area contributed by atoms with Gasteiger partial charge in [-0.1, -0.05) is 16.8 Å². The van der Waals surface area contributed by atoms with Crippen molar-refractivity contribution < 1.29 is 17.7 Å². The highest BCUT2D eigenvalue weighted by Crippen LogP contribution is 2.18. The minimum absolute atomic E-state index is 0.00870. The van der Waals surface area contributed by atoms with Crippen molar-refractivity contribution in [2.45, 2.75) is 25.2 Å². The van der Waals surface area contributed by atoms with Crippen molar-refractivity contribution in [3.8, 4) is 0 Å². The Morgan fingerprint density at radius 1 is 1.26 bits per heavy atom. The van der Waals surface area contributed by atoms with E-state index < -0.39 is 10.0 Å². The molecule has 0 bridgehead atoms. The number of anilines is 1. The first-order chi connectivity index (χ1) is 10.8. The van der Waals surface area contributed by atoms with Crippen LogP contribution >= 0.6 is 11.6 Å². The number of halogens is 1. The van der Waals surface area contributed by atoms with Crippen LogP contribution in [-0.4, -0.2) is 26.0 Å². The number of carbonyl (C=O) groups excluding carboxylic acids is 1. The van der Waals surface area contributed by atoms with Crippen molar-refractivity contribution >= 4 is 33.2 Å². The van der Waals surface area contributed by atoms with Crippen LogP contribution in [0.25, 0.3) is 0 Å². The van der Waals surface area contributed by atoms with E-state index in [1.165, 1.54) is 13.8 Å². The summed E-state index contributed by atoms with van der Waals surface area (Å²) in [4.78, 5) is 11.8. The average molecular weight is 358 g/mol. The predicted octanol–water partition coefficient (Wildman–Crippen LogP) is 2.25. The second kappa shape index (κ2) is 7.12. The van der Waals surface area contributed by atoms with Gasteiger partial charge < -0.3 is 9.84 Å². The number of amides is 1. The van der Waals surface area contributed by atoms with Crippen LogP contribution in [0.4, 0.5) is 5.69 Å². The summed E-state index contributed by atoms with van der Waals surface area (Å²) in [5.74, 6) is -0.102. The third-order valence-corrected chi connectivity index (χ3v) is 4.97. The third-order valence-electron chi connectivity index (χ3n) is 3.01. The molecule has 0 spiro atoms. The first kappa shape index (κ1) is 17.5. The molecule has 23 heavy (non-hydrogen) atoms. The number of hydrogen-bond donors (Lipinski definition) is 2. The molecule has 2 aromatic rings. The molecule has 2 N–H and O–H groups in total. The Hall–Kier alpha value is -1.90. The molecule has 0 saturated carbocycles. The molecule has 1 heterocycles. The Morgan fingerprint density at radius 3 is 2.48 bits per heavy atom. The summed E-state index contributed by atoms with van der Waals surface area (Å²) in [5.41, 5.74) is 0.869. The normalized spacial score (nSPS) is 11.4. The van der Waals surface area contributed by atoms with E-state index in [-0.39, 0.29) is 35.2 Å². The lowest BCUT2D eigenvalue weighted by Gasteiger charge is -2.07. The number of rotatable bonds is 6. The quantitative estimate of drug-likeness (QED) is 0.825. The van der Waals surface area contributed by atoms with Gasteiger partial charge in [-0.2, -0.15) is 0 Å². The van der Waals surface area contributed by atoms with Crippen molar-refractivity contribution in [3.63, 3.8) is 0 Å². The first-order valence-corrected chi connectivity index (χ1v) is 8.63. The second-order valence-electron chi connectivity index (χ2n) is 4.86. The molecule has 0 aliphatic carbocycles. The molecule has 124 valence electrons. The van der Waals surface area contributed by atoms with E-state index in [0.29, 0.717) is 10.7 Å². The van der Waals surface area contributed by atoms with E-state index in [2.05, 4.69) is 15.2 Å². The van der Waals surface area contributed by atoms with Gasteiger partial charge in [-0.3, -0.25) is 4.79 Å². The zero-order valence-electron chi connectivity index (χ0n) is 12.6. The topological polar surface area (TPSA) is 101 Å². The summed E-state index contributed by atoms with van der Waals surface area (Å²) >= 11 is 5.75. The number of nitrogens with one attached hydrogen (secondary N) is 2. The molecule has 1 aromatic carbocycles. The smallest absolute Gasteiger partial charge is 0.245 e. The van der Waals surface area contributed by atoms with Gasteiger partial charge >= 0.3 is 0 Å². The third kappa shape index (κ3) is 4.54. The SMILES string of the molecule is Cc1noc(C)c1S(=O)(=O)NCCC(=O)Nc1ccc(Cl)cc1. The Kier molecular flexibility index (Phi) is 5.40. The van der Waals surface area contributed by atoms with Crippen LogP contribution in [-0.2, 0) is 14.8 Å². The molecule has 0 saturated heterocycles. The zero-order valence-corrected chi connectivity index (χ0v) is 14.2. The molecule has 7 nitrogen and oxygen atoms in total. The largest absolute Gasteiger partial charge is 0.360 e. The summed E-state index contributed by atoms with van der Waals surface area (Å²) in [6, 6.07) is 6.62. The van der Waals surface area contributed by atoms with Crippen LogP contribution in [0.5, 0.6) is 0 Å². The fourth-order valence-corrected chi connectivity index (χ4v) is 3.47. The Labute approximate surface area is 139 Å².